The Bertz CT molecular complexity index is 421. The summed E-state index contributed by atoms with van der Waals surface area (Å²) in [5.41, 5.74) is 0. The van der Waals surface area contributed by atoms with Crippen LogP contribution >= 0.6 is 11.5 Å². The van der Waals surface area contributed by atoms with Crippen LogP contribution in [0.25, 0.3) is 0 Å². The second kappa shape index (κ2) is 5.90. The van der Waals surface area contributed by atoms with Gasteiger partial charge in [-0.3, -0.25) is 9.59 Å². The first kappa shape index (κ1) is 12.9. The van der Waals surface area contributed by atoms with E-state index in [2.05, 4.69) is 9.59 Å². The number of carboxylic acid groups (broad SMARTS) is 1. The summed E-state index contributed by atoms with van der Waals surface area (Å²) in [4.78, 5) is 25.0. The van der Waals surface area contributed by atoms with Crippen molar-refractivity contribution in [3.05, 3.63) is 11.1 Å². The molecule has 0 spiro atoms. The summed E-state index contributed by atoms with van der Waals surface area (Å²) in [7, 11) is 0. The van der Waals surface area contributed by atoms with Gasteiger partial charge in [0, 0.05) is 19.5 Å². The summed E-state index contributed by atoms with van der Waals surface area (Å²) in [5.74, 6) is -0.519. The van der Waals surface area contributed by atoms with Crippen LogP contribution < -0.4 is 0 Å². The van der Waals surface area contributed by atoms with Gasteiger partial charge in [-0.1, -0.05) is 4.49 Å². The molecule has 18 heavy (non-hydrogen) atoms. The van der Waals surface area contributed by atoms with Crippen molar-refractivity contribution in [2.75, 3.05) is 13.1 Å². The van der Waals surface area contributed by atoms with Crippen molar-refractivity contribution in [2.24, 2.45) is 5.92 Å². The lowest BCUT2D eigenvalue weighted by molar-refractivity contribution is -0.137. The predicted molar refractivity (Wildman–Crippen MR) is 65.4 cm³/mol. The summed E-state index contributed by atoms with van der Waals surface area (Å²) in [6, 6.07) is 0. The molecule has 1 atom stereocenters. The van der Waals surface area contributed by atoms with Gasteiger partial charge in [-0.15, -0.1) is 5.10 Å². The number of hydrogen-bond acceptors (Lipinski definition) is 5. The maximum atomic E-state index is 12.1. The zero-order valence-corrected chi connectivity index (χ0v) is 10.7. The quantitative estimate of drug-likeness (QED) is 0.889. The Hall–Kier alpha value is -1.50. The number of aliphatic carboxylic acids is 1. The molecule has 0 saturated carbocycles. The summed E-state index contributed by atoms with van der Waals surface area (Å²) < 4.78 is 3.68. The zero-order valence-electron chi connectivity index (χ0n) is 9.91. The molecule has 1 aliphatic heterocycles. The van der Waals surface area contributed by atoms with Crippen LogP contribution in [0, 0.1) is 5.92 Å². The molecular weight excluding hydrogens is 254 g/mol. The van der Waals surface area contributed by atoms with E-state index in [0.717, 1.165) is 30.9 Å². The third-order valence-electron chi connectivity index (χ3n) is 3.14. The third-order valence-corrected chi connectivity index (χ3v) is 3.80. The SMILES string of the molecule is O=C(O)CC[C@H]1CCCN(C(=O)c2cnns2)C1. The topological polar surface area (TPSA) is 83.4 Å². The van der Waals surface area contributed by atoms with Crippen LogP contribution in [0.3, 0.4) is 0 Å². The first-order valence-corrected chi connectivity index (χ1v) is 6.72. The van der Waals surface area contributed by atoms with Gasteiger partial charge in [-0.05, 0) is 36.7 Å². The van der Waals surface area contributed by atoms with E-state index in [9.17, 15) is 9.59 Å². The highest BCUT2D eigenvalue weighted by Crippen LogP contribution is 2.22. The van der Waals surface area contributed by atoms with Gasteiger partial charge in [0.15, 0.2) is 0 Å². The number of piperidine rings is 1. The molecule has 0 bridgehead atoms. The van der Waals surface area contributed by atoms with Crippen molar-refractivity contribution >= 4 is 23.4 Å². The number of hydrogen-bond donors (Lipinski definition) is 1. The third kappa shape index (κ3) is 3.25. The second-order valence-corrected chi connectivity index (χ2v) is 5.26. The Morgan fingerprint density at radius 3 is 3.06 bits per heavy atom. The molecule has 6 nitrogen and oxygen atoms in total. The maximum absolute atomic E-state index is 12.1. The van der Waals surface area contributed by atoms with Crippen molar-refractivity contribution in [1.82, 2.24) is 14.5 Å². The number of carboxylic acids is 1. The number of nitrogens with zero attached hydrogens (tertiary/aromatic N) is 3. The lowest BCUT2D eigenvalue weighted by Crippen LogP contribution is -2.39. The van der Waals surface area contributed by atoms with Crippen LogP contribution in [0.1, 0.15) is 35.4 Å². The van der Waals surface area contributed by atoms with E-state index in [1.54, 1.807) is 4.90 Å². The molecule has 1 aliphatic rings. The van der Waals surface area contributed by atoms with Gasteiger partial charge in [0.25, 0.3) is 5.91 Å². The van der Waals surface area contributed by atoms with Gasteiger partial charge in [0.2, 0.25) is 0 Å². The van der Waals surface area contributed by atoms with Crippen LogP contribution in [0.5, 0.6) is 0 Å². The molecule has 0 aromatic carbocycles. The number of aromatic nitrogens is 2. The minimum atomic E-state index is -0.773. The molecule has 1 aromatic heterocycles. The van der Waals surface area contributed by atoms with Crippen molar-refractivity contribution in [1.29, 1.82) is 0 Å². The van der Waals surface area contributed by atoms with Crippen molar-refractivity contribution in [3.63, 3.8) is 0 Å². The lowest BCUT2D eigenvalue weighted by Gasteiger charge is -2.32. The highest BCUT2D eigenvalue weighted by atomic mass is 32.1. The standard InChI is InChI=1S/C11H15N3O3S/c15-10(16)4-3-8-2-1-5-14(7-8)11(17)9-6-12-13-18-9/h6,8H,1-5,7H2,(H,15,16)/t8-/m1/s1. The minimum absolute atomic E-state index is 0.0370. The van der Waals surface area contributed by atoms with Gasteiger partial charge in [0.1, 0.15) is 4.88 Å². The first-order valence-electron chi connectivity index (χ1n) is 5.95. The molecule has 1 amide bonds. The molecule has 1 saturated heterocycles. The van der Waals surface area contributed by atoms with Crippen molar-refractivity contribution in [2.45, 2.75) is 25.7 Å². The molecule has 7 heteroatoms. The molecule has 0 unspecified atom stereocenters. The van der Waals surface area contributed by atoms with E-state index in [-0.39, 0.29) is 12.3 Å². The van der Waals surface area contributed by atoms with Gasteiger partial charge in [0.05, 0.1) is 6.20 Å². The predicted octanol–water partition coefficient (Wildman–Crippen LogP) is 1.26. The van der Waals surface area contributed by atoms with E-state index in [4.69, 9.17) is 5.11 Å². The zero-order chi connectivity index (χ0) is 13.0. The summed E-state index contributed by atoms with van der Waals surface area (Å²) >= 11 is 1.10. The highest BCUT2D eigenvalue weighted by Gasteiger charge is 2.25. The molecule has 0 radical (unpaired) electrons. The number of likely N-dealkylation sites (tertiary alicyclic amines) is 1. The van der Waals surface area contributed by atoms with Gasteiger partial charge in [-0.2, -0.15) is 0 Å². The van der Waals surface area contributed by atoms with Crippen molar-refractivity contribution < 1.29 is 14.7 Å². The monoisotopic (exact) mass is 269 g/mol. The van der Waals surface area contributed by atoms with Gasteiger partial charge < -0.3 is 10.0 Å². The van der Waals surface area contributed by atoms with Crippen LogP contribution in [-0.2, 0) is 4.79 Å². The summed E-state index contributed by atoms with van der Waals surface area (Å²) in [5, 5.41) is 12.3. The molecule has 0 aliphatic carbocycles. The second-order valence-electron chi connectivity index (χ2n) is 4.47. The number of carbonyl (C=O) groups excluding carboxylic acids is 1. The fourth-order valence-electron chi connectivity index (χ4n) is 2.23. The van der Waals surface area contributed by atoms with E-state index in [1.807, 2.05) is 0 Å². The normalized spacial score (nSPS) is 19.8. The van der Waals surface area contributed by atoms with E-state index in [1.165, 1.54) is 6.20 Å². The lowest BCUT2D eigenvalue weighted by atomic mass is 9.93. The van der Waals surface area contributed by atoms with Gasteiger partial charge in [-0.25, -0.2) is 0 Å². The molecule has 2 rings (SSSR count). The largest absolute Gasteiger partial charge is 0.481 e. The van der Waals surface area contributed by atoms with Crippen molar-refractivity contribution in [3.8, 4) is 0 Å². The Labute approximate surface area is 109 Å². The smallest absolute Gasteiger partial charge is 0.303 e. The van der Waals surface area contributed by atoms with E-state index < -0.39 is 5.97 Å². The Morgan fingerprint density at radius 1 is 1.56 bits per heavy atom. The number of carbonyl (C=O) groups is 2. The van der Waals surface area contributed by atoms with Gasteiger partial charge >= 0.3 is 5.97 Å². The average Bonchev–Trinajstić information content (AvgIpc) is 2.89. The van der Waals surface area contributed by atoms with Crippen LogP contribution in [0.15, 0.2) is 6.20 Å². The number of rotatable bonds is 4. The fourth-order valence-corrected chi connectivity index (χ4v) is 2.71. The molecule has 1 aromatic rings. The molecule has 1 fully saturated rings. The van der Waals surface area contributed by atoms with Crippen LogP contribution in [0.4, 0.5) is 0 Å². The summed E-state index contributed by atoms with van der Waals surface area (Å²) in [6.45, 7) is 1.38. The highest BCUT2D eigenvalue weighted by molar-refractivity contribution is 7.07. The Balaban J connectivity index is 1.90. The fraction of sp³-hybridized carbons (Fsp3) is 0.636. The van der Waals surface area contributed by atoms with Crippen LogP contribution in [-0.4, -0.2) is 44.6 Å². The maximum Gasteiger partial charge on any atom is 0.303 e. The van der Waals surface area contributed by atoms with E-state index in [0.29, 0.717) is 23.8 Å². The average molecular weight is 269 g/mol. The Morgan fingerprint density at radius 2 is 2.39 bits per heavy atom. The van der Waals surface area contributed by atoms with Crippen LogP contribution in [0.2, 0.25) is 0 Å². The molecular formula is C11H15N3O3S. The minimum Gasteiger partial charge on any atom is -0.481 e. The molecule has 1 N–H and O–H groups in total. The molecule has 98 valence electrons. The van der Waals surface area contributed by atoms with E-state index >= 15 is 0 Å². The number of amides is 1. The first-order chi connectivity index (χ1) is 8.66. The molecule has 2 heterocycles. The Kier molecular flexibility index (Phi) is 4.24. The summed E-state index contributed by atoms with van der Waals surface area (Å²) in [6.07, 6.45) is 4.23.